The molecule has 21 heavy (non-hydrogen) atoms. The van der Waals surface area contributed by atoms with Crippen LogP contribution in [0.25, 0.3) is 0 Å². The number of amides is 2. The minimum absolute atomic E-state index is 0.157. The number of nitrogens with zero attached hydrogens (tertiary/aromatic N) is 1. The van der Waals surface area contributed by atoms with Crippen molar-refractivity contribution in [3.8, 4) is 0 Å². The van der Waals surface area contributed by atoms with Gasteiger partial charge < -0.3 is 20.8 Å². The number of aryl methyl sites for hydroxylation is 1. The van der Waals surface area contributed by atoms with Gasteiger partial charge in [0.05, 0.1) is 12.2 Å². The number of carboxylic acids is 2. The lowest BCUT2D eigenvalue weighted by molar-refractivity contribution is -0.140. The van der Waals surface area contributed by atoms with Crippen LogP contribution in [0.1, 0.15) is 24.1 Å². The van der Waals surface area contributed by atoms with Crippen molar-refractivity contribution in [2.45, 2.75) is 32.4 Å². The molecule has 8 heteroatoms. The number of carboxylic acid groups (broad SMARTS) is 2. The highest BCUT2D eigenvalue weighted by atomic mass is 16.4. The molecule has 2 amide bonds. The third kappa shape index (κ3) is 5.89. The number of aliphatic carboxylic acids is 2. The molecular formula is C13H17N3O5. The van der Waals surface area contributed by atoms with E-state index in [2.05, 4.69) is 15.6 Å². The maximum atomic E-state index is 11.6. The summed E-state index contributed by atoms with van der Waals surface area (Å²) >= 11 is 0. The predicted molar refractivity (Wildman–Crippen MR) is 72.6 cm³/mol. The Morgan fingerprint density at radius 2 is 2.05 bits per heavy atom. The Hall–Kier alpha value is -2.64. The Balaban J connectivity index is 2.49. The number of carbonyl (C=O) groups is 3. The smallest absolute Gasteiger partial charge is 0.326 e. The van der Waals surface area contributed by atoms with E-state index in [1.54, 1.807) is 12.3 Å². The largest absolute Gasteiger partial charge is 0.481 e. The number of aromatic nitrogens is 1. The maximum Gasteiger partial charge on any atom is 0.326 e. The number of carbonyl (C=O) groups excluding carboxylic acids is 1. The van der Waals surface area contributed by atoms with Gasteiger partial charge in [-0.05, 0) is 25.0 Å². The average molecular weight is 295 g/mol. The van der Waals surface area contributed by atoms with Crippen molar-refractivity contribution >= 4 is 18.0 Å². The summed E-state index contributed by atoms with van der Waals surface area (Å²) in [7, 11) is 0. The Kier molecular flexibility index (Phi) is 6.12. The van der Waals surface area contributed by atoms with Crippen LogP contribution in [0.5, 0.6) is 0 Å². The van der Waals surface area contributed by atoms with Crippen molar-refractivity contribution in [2.75, 3.05) is 0 Å². The molecule has 0 spiro atoms. The molecule has 1 atom stereocenters. The normalized spacial score (nSPS) is 11.5. The standard InChI is InChI=1S/C13H17N3O5/c1-8-3-2-6-14-10(8)7-15-13(21)16-9(12(19)20)4-5-11(17)18/h2-3,6,9H,4-5,7H2,1H3,(H,17,18)(H,19,20)(H2,15,16,21)/t9-/m0/s1. The van der Waals surface area contributed by atoms with E-state index in [1.165, 1.54) is 0 Å². The molecule has 0 aromatic carbocycles. The molecule has 0 unspecified atom stereocenters. The zero-order chi connectivity index (χ0) is 15.8. The van der Waals surface area contributed by atoms with Crippen molar-refractivity contribution < 1.29 is 24.6 Å². The molecule has 1 heterocycles. The first-order valence-corrected chi connectivity index (χ1v) is 6.29. The number of hydrogen-bond acceptors (Lipinski definition) is 4. The molecule has 114 valence electrons. The van der Waals surface area contributed by atoms with Crippen molar-refractivity contribution in [1.82, 2.24) is 15.6 Å². The highest BCUT2D eigenvalue weighted by molar-refractivity contribution is 5.82. The highest BCUT2D eigenvalue weighted by Gasteiger charge is 2.20. The van der Waals surface area contributed by atoms with E-state index in [0.717, 1.165) is 5.56 Å². The summed E-state index contributed by atoms with van der Waals surface area (Å²) in [6.45, 7) is 2.00. The van der Waals surface area contributed by atoms with Gasteiger partial charge in [-0.1, -0.05) is 6.07 Å². The molecule has 0 radical (unpaired) electrons. The van der Waals surface area contributed by atoms with Crippen LogP contribution in [-0.4, -0.2) is 39.2 Å². The first-order valence-electron chi connectivity index (χ1n) is 6.29. The monoisotopic (exact) mass is 295 g/mol. The molecule has 1 aromatic rings. The van der Waals surface area contributed by atoms with Crippen molar-refractivity contribution in [1.29, 1.82) is 0 Å². The van der Waals surface area contributed by atoms with Gasteiger partial charge in [-0.25, -0.2) is 9.59 Å². The second-order valence-electron chi connectivity index (χ2n) is 4.42. The summed E-state index contributed by atoms with van der Waals surface area (Å²) in [5.41, 5.74) is 1.57. The second kappa shape index (κ2) is 7.83. The molecule has 8 nitrogen and oxygen atoms in total. The van der Waals surface area contributed by atoms with Crippen LogP contribution in [0, 0.1) is 6.92 Å². The summed E-state index contributed by atoms with van der Waals surface area (Å²) in [4.78, 5) is 37.1. The molecule has 4 N–H and O–H groups in total. The van der Waals surface area contributed by atoms with E-state index in [9.17, 15) is 14.4 Å². The van der Waals surface area contributed by atoms with Crippen LogP contribution in [0.2, 0.25) is 0 Å². The first-order chi connectivity index (χ1) is 9.90. The van der Waals surface area contributed by atoms with Gasteiger partial charge in [-0.15, -0.1) is 0 Å². The zero-order valence-corrected chi connectivity index (χ0v) is 11.5. The van der Waals surface area contributed by atoms with Crippen LogP contribution in [0.4, 0.5) is 4.79 Å². The van der Waals surface area contributed by atoms with Crippen LogP contribution in [0.15, 0.2) is 18.3 Å². The molecule has 1 aromatic heterocycles. The number of hydrogen-bond donors (Lipinski definition) is 4. The fraction of sp³-hybridized carbons (Fsp3) is 0.385. The minimum atomic E-state index is -1.28. The Bertz CT molecular complexity index is 532. The topological polar surface area (TPSA) is 129 Å². The van der Waals surface area contributed by atoms with Gasteiger partial charge in [-0.2, -0.15) is 0 Å². The Morgan fingerprint density at radius 1 is 1.33 bits per heavy atom. The molecule has 0 bridgehead atoms. The Labute approximate surface area is 121 Å². The molecule has 1 rings (SSSR count). The van der Waals surface area contributed by atoms with E-state index in [0.29, 0.717) is 5.69 Å². The third-order valence-electron chi connectivity index (χ3n) is 2.78. The summed E-state index contributed by atoms with van der Waals surface area (Å²) in [6.07, 6.45) is 1.08. The fourth-order valence-electron chi connectivity index (χ4n) is 1.60. The predicted octanol–water partition coefficient (Wildman–Crippen LogP) is 0.507. The van der Waals surface area contributed by atoms with Crippen LogP contribution in [0.3, 0.4) is 0 Å². The second-order valence-corrected chi connectivity index (χ2v) is 4.42. The first kappa shape index (κ1) is 16.4. The van der Waals surface area contributed by atoms with E-state index >= 15 is 0 Å². The summed E-state index contributed by atoms with van der Waals surface area (Å²) in [6, 6.07) is 1.68. The number of pyridine rings is 1. The van der Waals surface area contributed by atoms with Gasteiger partial charge in [0.2, 0.25) is 0 Å². The fourth-order valence-corrected chi connectivity index (χ4v) is 1.60. The number of nitrogens with one attached hydrogen (secondary N) is 2. The van der Waals surface area contributed by atoms with Gasteiger partial charge in [0.1, 0.15) is 6.04 Å². The number of urea groups is 1. The third-order valence-corrected chi connectivity index (χ3v) is 2.78. The lowest BCUT2D eigenvalue weighted by Crippen LogP contribution is -2.46. The quantitative estimate of drug-likeness (QED) is 0.580. The summed E-state index contributed by atoms with van der Waals surface area (Å²) < 4.78 is 0. The molecule has 0 fully saturated rings. The molecule has 0 aliphatic heterocycles. The van der Waals surface area contributed by atoms with Crippen LogP contribution >= 0.6 is 0 Å². The van der Waals surface area contributed by atoms with Gasteiger partial charge in [0.15, 0.2) is 0 Å². The van der Waals surface area contributed by atoms with E-state index in [4.69, 9.17) is 10.2 Å². The molecular weight excluding hydrogens is 278 g/mol. The zero-order valence-electron chi connectivity index (χ0n) is 11.5. The SMILES string of the molecule is Cc1cccnc1CNC(=O)N[C@@H](CCC(=O)O)C(=O)O. The van der Waals surface area contributed by atoms with Gasteiger partial charge in [0.25, 0.3) is 0 Å². The molecule has 0 aliphatic rings. The molecule has 0 saturated heterocycles. The average Bonchev–Trinajstić information content (AvgIpc) is 2.42. The van der Waals surface area contributed by atoms with E-state index < -0.39 is 24.0 Å². The van der Waals surface area contributed by atoms with Gasteiger partial charge in [0, 0.05) is 12.6 Å². The van der Waals surface area contributed by atoms with E-state index in [-0.39, 0.29) is 19.4 Å². The van der Waals surface area contributed by atoms with Gasteiger partial charge in [-0.3, -0.25) is 9.78 Å². The van der Waals surface area contributed by atoms with Crippen molar-refractivity contribution in [3.05, 3.63) is 29.6 Å². The molecule has 0 saturated carbocycles. The minimum Gasteiger partial charge on any atom is -0.481 e. The molecule has 0 aliphatic carbocycles. The highest BCUT2D eigenvalue weighted by Crippen LogP contribution is 2.02. The lowest BCUT2D eigenvalue weighted by atomic mass is 10.1. The summed E-state index contributed by atoms with van der Waals surface area (Å²) in [5.74, 6) is -2.40. The van der Waals surface area contributed by atoms with Gasteiger partial charge >= 0.3 is 18.0 Å². The van der Waals surface area contributed by atoms with Crippen LogP contribution in [-0.2, 0) is 16.1 Å². The lowest BCUT2D eigenvalue weighted by Gasteiger charge is -2.14. The Morgan fingerprint density at radius 3 is 2.62 bits per heavy atom. The summed E-state index contributed by atoms with van der Waals surface area (Å²) in [5, 5.41) is 22.2. The number of rotatable bonds is 7. The van der Waals surface area contributed by atoms with Crippen molar-refractivity contribution in [3.63, 3.8) is 0 Å². The van der Waals surface area contributed by atoms with Crippen molar-refractivity contribution in [2.24, 2.45) is 0 Å². The van der Waals surface area contributed by atoms with Crippen LogP contribution < -0.4 is 10.6 Å². The van der Waals surface area contributed by atoms with E-state index in [1.807, 2.05) is 13.0 Å². The maximum absolute atomic E-state index is 11.6.